The Balaban J connectivity index is 2.01. The average molecular weight is 348 g/mol. The van der Waals surface area contributed by atoms with Crippen LogP contribution >= 0.6 is 12.2 Å². The second-order valence-electron chi connectivity index (χ2n) is 5.21. The molecule has 2 rings (SSSR count). The number of nitrogens with zero attached hydrogens (tertiary/aromatic N) is 1. The van der Waals surface area contributed by atoms with Crippen molar-refractivity contribution in [2.45, 2.75) is 13.5 Å². The van der Waals surface area contributed by atoms with E-state index in [-0.39, 0.29) is 5.82 Å². The maximum Gasteiger partial charge on any atom is 0.173 e. The van der Waals surface area contributed by atoms with Crippen LogP contribution in [-0.4, -0.2) is 30.8 Å². The van der Waals surface area contributed by atoms with Crippen LogP contribution < -0.4 is 14.8 Å². The number of rotatable bonds is 6. The van der Waals surface area contributed by atoms with Gasteiger partial charge in [-0.25, -0.2) is 4.39 Å². The summed E-state index contributed by atoms with van der Waals surface area (Å²) >= 11 is 5.38. The third kappa shape index (κ3) is 4.83. The van der Waals surface area contributed by atoms with Crippen LogP contribution in [-0.2, 0) is 6.54 Å². The van der Waals surface area contributed by atoms with Crippen LogP contribution in [0.4, 0.5) is 10.1 Å². The molecule has 0 amide bonds. The Morgan fingerprint density at radius 1 is 1.17 bits per heavy atom. The first-order chi connectivity index (χ1) is 11.5. The van der Waals surface area contributed by atoms with Gasteiger partial charge in [0.15, 0.2) is 16.6 Å². The highest BCUT2D eigenvalue weighted by atomic mass is 32.1. The highest BCUT2D eigenvalue weighted by Crippen LogP contribution is 2.28. The molecule has 2 aromatic carbocycles. The van der Waals surface area contributed by atoms with Crippen LogP contribution in [0.15, 0.2) is 42.5 Å². The number of thiocarbonyl (C=S) groups is 1. The van der Waals surface area contributed by atoms with Crippen LogP contribution in [0.25, 0.3) is 0 Å². The fraction of sp³-hybridized carbons (Fsp3) is 0.278. The molecule has 0 atom stereocenters. The highest BCUT2D eigenvalue weighted by molar-refractivity contribution is 7.80. The minimum Gasteiger partial charge on any atom is -0.493 e. The largest absolute Gasteiger partial charge is 0.493 e. The van der Waals surface area contributed by atoms with Gasteiger partial charge in [-0.2, -0.15) is 0 Å². The summed E-state index contributed by atoms with van der Waals surface area (Å²) in [6.07, 6.45) is 0. The normalized spacial score (nSPS) is 10.2. The van der Waals surface area contributed by atoms with E-state index in [1.54, 1.807) is 19.2 Å². The Morgan fingerprint density at radius 2 is 1.88 bits per heavy atom. The SMILES string of the molecule is CCOc1ccc(CN(C)C(=S)Nc2ccc(F)cc2)cc1OC. The van der Waals surface area contributed by atoms with E-state index in [4.69, 9.17) is 21.7 Å². The summed E-state index contributed by atoms with van der Waals surface area (Å²) in [6, 6.07) is 11.9. The van der Waals surface area contributed by atoms with Crippen molar-refractivity contribution in [3.05, 3.63) is 53.8 Å². The Kier molecular flexibility index (Phi) is 6.37. The molecule has 0 bridgehead atoms. The molecule has 0 heterocycles. The van der Waals surface area contributed by atoms with Crippen molar-refractivity contribution in [1.82, 2.24) is 4.90 Å². The van der Waals surface area contributed by atoms with Gasteiger partial charge in [-0.1, -0.05) is 6.07 Å². The summed E-state index contributed by atoms with van der Waals surface area (Å²) in [4.78, 5) is 1.90. The average Bonchev–Trinajstić information content (AvgIpc) is 2.58. The van der Waals surface area contributed by atoms with Gasteiger partial charge in [-0.05, 0) is 61.1 Å². The first kappa shape index (κ1) is 18.0. The summed E-state index contributed by atoms with van der Waals surface area (Å²) in [5.41, 5.74) is 1.79. The molecule has 0 aliphatic rings. The molecule has 6 heteroatoms. The van der Waals surface area contributed by atoms with Gasteiger partial charge in [0.1, 0.15) is 5.82 Å². The van der Waals surface area contributed by atoms with Crippen LogP contribution in [0, 0.1) is 5.82 Å². The number of ether oxygens (including phenoxy) is 2. The van der Waals surface area contributed by atoms with Crippen LogP contribution in [0.3, 0.4) is 0 Å². The minimum atomic E-state index is -0.277. The Labute approximate surface area is 147 Å². The van der Waals surface area contributed by atoms with E-state index in [1.165, 1.54) is 12.1 Å². The molecule has 0 fully saturated rings. The maximum atomic E-state index is 12.9. The number of methoxy groups -OCH3 is 1. The van der Waals surface area contributed by atoms with Crippen molar-refractivity contribution in [1.29, 1.82) is 0 Å². The minimum absolute atomic E-state index is 0.277. The van der Waals surface area contributed by atoms with E-state index in [2.05, 4.69) is 5.32 Å². The second-order valence-corrected chi connectivity index (χ2v) is 5.60. The standard InChI is InChI=1S/C18H21FN2O2S/c1-4-23-16-10-5-13(11-17(16)22-3)12-21(2)18(24)20-15-8-6-14(19)7-9-15/h5-11H,4,12H2,1-3H3,(H,20,24). The van der Waals surface area contributed by atoms with Gasteiger partial charge in [-0.15, -0.1) is 0 Å². The lowest BCUT2D eigenvalue weighted by Gasteiger charge is -2.22. The summed E-state index contributed by atoms with van der Waals surface area (Å²) < 4.78 is 23.8. The molecule has 0 aliphatic carbocycles. The molecule has 0 unspecified atom stereocenters. The van der Waals surface area contributed by atoms with Gasteiger partial charge < -0.3 is 19.7 Å². The second kappa shape index (κ2) is 8.49. The van der Waals surface area contributed by atoms with Crippen LogP contribution in [0.2, 0.25) is 0 Å². The number of anilines is 1. The monoisotopic (exact) mass is 348 g/mol. The molecule has 0 saturated heterocycles. The molecule has 128 valence electrons. The molecule has 0 aromatic heterocycles. The van der Waals surface area contributed by atoms with Gasteiger partial charge in [0.25, 0.3) is 0 Å². The van der Waals surface area contributed by atoms with E-state index >= 15 is 0 Å². The smallest absolute Gasteiger partial charge is 0.173 e. The van der Waals surface area contributed by atoms with E-state index in [1.807, 2.05) is 37.1 Å². The van der Waals surface area contributed by atoms with Crippen molar-refractivity contribution in [3.8, 4) is 11.5 Å². The third-order valence-corrected chi connectivity index (χ3v) is 3.80. The lowest BCUT2D eigenvalue weighted by molar-refractivity contribution is 0.310. The van der Waals surface area contributed by atoms with Gasteiger partial charge in [0.2, 0.25) is 0 Å². The quantitative estimate of drug-likeness (QED) is 0.796. The van der Waals surface area contributed by atoms with Crippen molar-refractivity contribution in [2.24, 2.45) is 0 Å². The molecule has 4 nitrogen and oxygen atoms in total. The van der Waals surface area contributed by atoms with Gasteiger partial charge in [0, 0.05) is 19.3 Å². The van der Waals surface area contributed by atoms with Crippen molar-refractivity contribution in [2.75, 3.05) is 26.1 Å². The van der Waals surface area contributed by atoms with Crippen LogP contribution in [0.5, 0.6) is 11.5 Å². The van der Waals surface area contributed by atoms with Crippen molar-refractivity contribution in [3.63, 3.8) is 0 Å². The highest BCUT2D eigenvalue weighted by Gasteiger charge is 2.09. The summed E-state index contributed by atoms with van der Waals surface area (Å²) in [5.74, 6) is 1.14. The molecule has 0 spiro atoms. The van der Waals surface area contributed by atoms with E-state index in [9.17, 15) is 4.39 Å². The fourth-order valence-electron chi connectivity index (χ4n) is 2.18. The predicted octanol–water partition coefficient (Wildman–Crippen LogP) is 4.06. The topological polar surface area (TPSA) is 33.7 Å². The molecular formula is C18H21FN2O2S. The summed E-state index contributed by atoms with van der Waals surface area (Å²) in [6.45, 7) is 3.12. The number of nitrogens with one attached hydrogen (secondary N) is 1. The van der Waals surface area contributed by atoms with E-state index in [0.29, 0.717) is 24.0 Å². The number of hydrogen-bond donors (Lipinski definition) is 1. The molecular weight excluding hydrogens is 327 g/mol. The molecule has 0 radical (unpaired) electrons. The van der Waals surface area contributed by atoms with Crippen LogP contribution in [0.1, 0.15) is 12.5 Å². The number of halogens is 1. The van der Waals surface area contributed by atoms with Gasteiger partial charge in [0.05, 0.1) is 13.7 Å². The molecule has 24 heavy (non-hydrogen) atoms. The Bertz CT molecular complexity index is 692. The van der Waals surface area contributed by atoms with Crippen molar-refractivity contribution >= 4 is 23.0 Å². The van der Waals surface area contributed by atoms with E-state index in [0.717, 1.165) is 17.0 Å². The zero-order valence-electron chi connectivity index (χ0n) is 14.0. The number of benzene rings is 2. The zero-order chi connectivity index (χ0) is 17.5. The van der Waals surface area contributed by atoms with E-state index < -0.39 is 0 Å². The summed E-state index contributed by atoms with van der Waals surface area (Å²) in [7, 11) is 3.51. The maximum absolute atomic E-state index is 12.9. The lowest BCUT2D eigenvalue weighted by atomic mass is 10.2. The van der Waals surface area contributed by atoms with Gasteiger partial charge in [-0.3, -0.25) is 0 Å². The first-order valence-corrected chi connectivity index (χ1v) is 8.01. The number of hydrogen-bond acceptors (Lipinski definition) is 3. The zero-order valence-corrected chi connectivity index (χ0v) is 14.8. The Hall–Kier alpha value is -2.34. The predicted molar refractivity (Wildman–Crippen MR) is 98.3 cm³/mol. The fourth-order valence-corrected chi connectivity index (χ4v) is 2.37. The lowest BCUT2D eigenvalue weighted by Crippen LogP contribution is -2.30. The third-order valence-electron chi connectivity index (χ3n) is 3.39. The molecule has 0 aliphatic heterocycles. The molecule has 0 saturated carbocycles. The Morgan fingerprint density at radius 3 is 2.50 bits per heavy atom. The van der Waals surface area contributed by atoms with Gasteiger partial charge >= 0.3 is 0 Å². The molecule has 1 N–H and O–H groups in total. The first-order valence-electron chi connectivity index (χ1n) is 7.61. The molecule has 2 aromatic rings. The summed E-state index contributed by atoms with van der Waals surface area (Å²) in [5, 5.41) is 3.63. The van der Waals surface area contributed by atoms with Crippen molar-refractivity contribution < 1.29 is 13.9 Å².